The van der Waals surface area contributed by atoms with Crippen LogP contribution in [0, 0.1) is 5.92 Å². The molecule has 0 spiro atoms. The van der Waals surface area contributed by atoms with Crippen LogP contribution in [0.3, 0.4) is 0 Å². The Bertz CT molecular complexity index is 774. The van der Waals surface area contributed by atoms with Gasteiger partial charge in [0, 0.05) is 59.1 Å². The summed E-state index contributed by atoms with van der Waals surface area (Å²) in [5.41, 5.74) is 1.12. The molecular weight excluding hydrogens is 380 g/mol. The molecule has 0 aliphatic carbocycles. The molecule has 2 fully saturated rings. The van der Waals surface area contributed by atoms with E-state index in [0.29, 0.717) is 19.6 Å². The molecule has 2 aliphatic heterocycles. The van der Waals surface area contributed by atoms with E-state index in [1.54, 1.807) is 7.11 Å². The van der Waals surface area contributed by atoms with Crippen LogP contribution in [-0.2, 0) is 15.0 Å². The summed E-state index contributed by atoms with van der Waals surface area (Å²) in [5.74, 6) is 0.649. The van der Waals surface area contributed by atoms with E-state index in [0.717, 1.165) is 37.4 Å². The number of piperidine rings is 1. The van der Waals surface area contributed by atoms with Crippen molar-refractivity contribution in [3.8, 4) is 5.75 Å². The lowest BCUT2D eigenvalue weighted by molar-refractivity contribution is -0.137. The minimum absolute atomic E-state index is 0.0769. The number of amides is 1. The fourth-order valence-corrected chi connectivity index (χ4v) is 5.01. The van der Waals surface area contributed by atoms with Crippen molar-refractivity contribution in [1.29, 1.82) is 0 Å². The van der Waals surface area contributed by atoms with E-state index in [4.69, 9.17) is 4.74 Å². The van der Waals surface area contributed by atoms with E-state index >= 15 is 0 Å². The quantitative estimate of drug-likeness (QED) is 0.720. The highest BCUT2D eigenvalue weighted by Gasteiger charge is 2.36. The largest absolute Gasteiger partial charge is 0.497 e. The van der Waals surface area contributed by atoms with Crippen molar-refractivity contribution < 1.29 is 17.9 Å². The van der Waals surface area contributed by atoms with E-state index in [1.165, 1.54) is 22.7 Å². The monoisotopic (exact) mass is 410 g/mol. The number of nitrogens with zero attached hydrogens (tertiary/aromatic N) is 4. The molecule has 0 N–H and O–H groups in total. The molecule has 2 saturated heterocycles. The normalized spacial score (nSPS) is 21.8. The average molecular weight is 411 g/mol. The SMILES string of the molecule is COc1ccc(N2CCN(C(=O)[C@@H]3CCCN(S(=O)(=O)N(C)C)C3)CC2)cc1. The first-order valence-electron chi connectivity index (χ1n) is 9.68. The second-order valence-electron chi connectivity index (χ2n) is 7.50. The van der Waals surface area contributed by atoms with Crippen molar-refractivity contribution in [2.75, 3.05) is 65.4 Å². The fraction of sp³-hybridized carbons (Fsp3) is 0.632. The Morgan fingerprint density at radius 1 is 1.07 bits per heavy atom. The van der Waals surface area contributed by atoms with Crippen LogP contribution in [0.1, 0.15) is 12.8 Å². The smallest absolute Gasteiger partial charge is 0.281 e. The Morgan fingerprint density at radius 2 is 1.71 bits per heavy atom. The summed E-state index contributed by atoms with van der Waals surface area (Å²) in [6.45, 7) is 3.60. The third-order valence-corrected chi connectivity index (χ3v) is 7.46. The topological polar surface area (TPSA) is 73.4 Å². The molecule has 0 saturated carbocycles. The first-order valence-corrected chi connectivity index (χ1v) is 11.1. The number of carbonyl (C=O) groups is 1. The predicted molar refractivity (Wildman–Crippen MR) is 109 cm³/mol. The number of hydrogen-bond acceptors (Lipinski definition) is 5. The van der Waals surface area contributed by atoms with Crippen molar-refractivity contribution in [3.05, 3.63) is 24.3 Å². The second kappa shape index (κ2) is 8.67. The number of ether oxygens (including phenoxy) is 1. The summed E-state index contributed by atoms with van der Waals surface area (Å²) < 4.78 is 32.6. The molecule has 9 heteroatoms. The van der Waals surface area contributed by atoms with Crippen LogP contribution in [0.4, 0.5) is 5.69 Å². The molecule has 0 unspecified atom stereocenters. The Balaban J connectivity index is 1.57. The van der Waals surface area contributed by atoms with Crippen molar-refractivity contribution in [2.24, 2.45) is 5.92 Å². The molecule has 1 aromatic rings. The van der Waals surface area contributed by atoms with Gasteiger partial charge in [-0.3, -0.25) is 4.79 Å². The molecule has 28 heavy (non-hydrogen) atoms. The van der Waals surface area contributed by atoms with Crippen molar-refractivity contribution >= 4 is 21.8 Å². The van der Waals surface area contributed by atoms with Crippen molar-refractivity contribution in [3.63, 3.8) is 0 Å². The first-order chi connectivity index (χ1) is 13.3. The lowest BCUT2D eigenvalue weighted by atomic mass is 9.97. The zero-order valence-corrected chi connectivity index (χ0v) is 17.7. The van der Waals surface area contributed by atoms with E-state index in [-0.39, 0.29) is 18.4 Å². The van der Waals surface area contributed by atoms with Gasteiger partial charge in [-0.25, -0.2) is 0 Å². The van der Waals surface area contributed by atoms with Gasteiger partial charge in [-0.1, -0.05) is 0 Å². The number of anilines is 1. The number of carbonyl (C=O) groups excluding carboxylic acids is 1. The molecule has 1 aromatic carbocycles. The molecule has 8 nitrogen and oxygen atoms in total. The Hall–Kier alpha value is -1.84. The molecular formula is C19H30N4O4S. The van der Waals surface area contributed by atoms with Crippen LogP contribution in [0.5, 0.6) is 5.75 Å². The molecule has 0 radical (unpaired) electrons. The van der Waals surface area contributed by atoms with E-state index < -0.39 is 10.2 Å². The molecule has 0 aromatic heterocycles. The number of methoxy groups -OCH3 is 1. The van der Waals surface area contributed by atoms with Gasteiger partial charge in [-0.05, 0) is 37.1 Å². The summed E-state index contributed by atoms with van der Waals surface area (Å²) in [5, 5.41) is 0. The molecule has 1 atom stereocenters. The minimum atomic E-state index is -3.47. The lowest BCUT2D eigenvalue weighted by Gasteiger charge is -2.39. The first kappa shape index (κ1) is 20.9. The summed E-state index contributed by atoms with van der Waals surface area (Å²) in [4.78, 5) is 17.1. The van der Waals surface area contributed by atoms with Crippen LogP contribution in [0.2, 0.25) is 0 Å². The van der Waals surface area contributed by atoms with Crippen molar-refractivity contribution in [1.82, 2.24) is 13.5 Å². The number of piperazine rings is 1. The Kier molecular flexibility index (Phi) is 6.47. The minimum Gasteiger partial charge on any atom is -0.497 e. The van der Waals surface area contributed by atoms with Gasteiger partial charge in [0.1, 0.15) is 5.75 Å². The van der Waals surface area contributed by atoms with Crippen molar-refractivity contribution in [2.45, 2.75) is 12.8 Å². The Labute approximate surface area is 167 Å². The zero-order valence-electron chi connectivity index (χ0n) is 16.9. The highest BCUT2D eigenvalue weighted by atomic mass is 32.2. The molecule has 3 rings (SSSR count). The van der Waals surface area contributed by atoms with E-state index in [2.05, 4.69) is 4.90 Å². The van der Waals surface area contributed by atoms with Gasteiger partial charge in [0.2, 0.25) is 5.91 Å². The van der Waals surface area contributed by atoms with Gasteiger partial charge in [0.15, 0.2) is 0 Å². The highest BCUT2D eigenvalue weighted by molar-refractivity contribution is 7.86. The Morgan fingerprint density at radius 3 is 2.29 bits per heavy atom. The lowest BCUT2D eigenvalue weighted by Crippen LogP contribution is -2.54. The molecule has 156 valence electrons. The summed E-state index contributed by atoms with van der Waals surface area (Å²) in [6, 6.07) is 7.94. The van der Waals surface area contributed by atoms with Crippen LogP contribution in [0.25, 0.3) is 0 Å². The van der Waals surface area contributed by atoms with Gasteiger partial charge in [0.25, 0.3) is 10.2 Å². The molecule has 0 bridgehead atoms. The van der Waals surface area contributed by atoms with Gasteiger partial charge in [-0.2, -0.15) is 17.0 Å². The molecule has 2 heterocycles. The van der Waals surface area contributed by atoms with Crippen LogP contribution < -0.4 is 9.64 Å². The van der Waals surface area contributed by atoms with E-state index in [1.807, 2.05) is 29.2 Å². The summed E-state index contributed by atoms with van der Waals surface area (Å²) in [7, 11) is 1.23. The third kappa shape index (κ3) is 4.42. The zero-order chi connectivity index (χ0) is 20.3. The van der Waals surface area contributed by atoms with Crippen LogP contribution in [0.15, 0.2) is 24.3 Å². The number of benzene rings is 1. The summed E-state index contributed by atoms with van der Waals surface area (Å²) >= 11 is 0. The third-order valence-electron chi connectivity index (χ3n) is 5.55. The van der Waals surface area contributed by atoms with Gasteiger partial charge >= 0.3 is 0 Å². The van der Waals surface area contributed by atoms with Gasteiger partial charge in [-0.15, -0.1) is 0 Å². The molecule has 2 aliphatic rings. The summed E-state index contributed by atoms with van der Waals surface area (Å²) in [6.07, 6.45) is 1.46. The maximum Gasteiger partial charge on any atom is 0.281 e. The number of rotatable bonds is 5. The number of hydrogen-bond donors (Lipinski definition) is 0. The highest BCUT2D eigenvalue weighted by Crippen LogP contribution is 2.24. The van der Waals surface area contributed by atoms with E-state index in [9.17, 15) is 13.2 Å². The van der Waals surface area contributed by atoms with Crippen LogP contribution in [-0.4, -0.2) is 88.3 Å². The predicted octanol–water partition coefficient (Wildman–Crippen LogP) is 0.862. The maximum atomic E-state index is 13.0. The fourth-order valence-electron chi connectivity index (χ4n) is 3.82. The standard InChI is InChI=1S/C19H30N4O4S/c1-20(2)28(25,26)23-10-4-5-16(15-23)19(24)22-13-11-21(12-14-22)17-6-8-18(27-3)9-7-17/h6-9,16H,4-5,10-15H2,1-3H3/t16-/m1/s1. The van der Waals surface area contributed by atoms with Gasteiger partial charge < -0.3 is 14.5 Å². The van der Waals surface area contributed by atoms with Crippen LogP contribution >= 0.6 is 0 Å². The molecule has 1 amide bonds. The van der Waals surface area contributed by atoms with Gasteiger partial charge in [0.05, 0.1) is 13.0 Å². The average Bonchev–Trinajstić information content (AvgIpc) is 2.73. The second-order valence-corrected chi connectivity index (χ2v) is 9.64. The maximum absolute atomic E-state index is 13.0.